The molecule has 0 spiro atoms. The maximum Gasteiger partial charge on any atom is 0.243 e. The molecule has 0 bridgehead atoms. The number of nitrogens with one attached hydrogen (secondary N) is 1. The van der Waals surface area contributed by atoms with Gasteiger partial charge < -0.3 is 5.32 Å². The van der Waals surface area contributed by atoms with E-state index in [1.807, 2.05) is 63.4 Å². The van der Waals surface area contributed by atoms with Gasteiger partial charge in [-0.25, -0.2) is 8.42 Å². The van der Waals surface area contributed by atoms with E-state index in [1.165, 1.54) is 4.31 Å². The van der Waals surface area contributed by atoms with Gasteiger partial charge in [0.15, 0.2) is 0 Å². The number of anilines is 1. The van der Waals surface area contributed by atoms with Gasteiger partial charge in [0, 0.05) is 29.6 Å². The molecule has 1 N–H and O–H groups in total. The van der Waals surface area contributed by atoms with Gasteiger partial charge in [-0.3, -0.25) is 4.79 Å². The summed E-state index contributed by atoms with van der Waals surface area (Å²) in [5, 5.41) is 2.98. The van der Waals surface area contributed by atoms with E-state index in [1.54, 1.807) is 11.8 Å². The van der Waals surface area contributed by atoms with Crippen molar-refractivity contribution >= 4 is 33.4 Å². The van der Waals surface area contributed by atoms with Crippen molar-refractivity contribution < 1.29 is 13.2 Å². The third-order valence-electron chi connectivity index (χ3n) is 5.36. The molecule has 0 unspecified atom stereocenters. The van der Waals surface area contributed by atoms with Gasteiger partial charge in [-0.2, -0.15) is 4.31 Å². The standard InChI is InChI=1S/C22H28N2O3S2/c1-15-12-16(2)21(17(3)13-15)29(26,27)24-10-8-18(9-11-24)22(25)23-19-6-5-7-20(14-19)28-4/h5-7,12-14,18H,8-11H2,1-4H3,(H,23,25). The summed E-state index contributed by atoms with van der Waals surface area (Å²) in [6.45, 7) is 6.37. The lowest BCUT2D eigenvalue weighted by Crippen LogP contribution is -2.41. The summed E-state index contributed by atoms with van der Waals surface area (Å²) in [5.41, 5.74) is 3.38. The monoisotopic (exact) mass is 432 g/mol. The predicted octanol–water partition coefficient (Wildman–Crippen LogP) is 4.37. The molecule has 1 amide bonds. The Balaban J connectivity index is 1.67. The van der Waals surface area contributed by atoms with Crippen LogP contribution in [0.15, 0.2) is 46.2 Å². The molecular formula is C22H28N2O3S2. The fourth-order valence-electron chi connectivity index (χ4n) is 4.01. The van der Waals surface area contributed by atoms with E-state index in [-0.39, 0.29) is 11.8 Å². The van der Waals surface area contributed by atoms with Crippen LogP contribution in [0.5, 0.6) is 0 Å². The minimum atomic E-state index is -3.56. The first kappa shape index (κ1) is 21.9. The van der Waals surface area contributed by atoms with E-state index in [9.17, 15) is 13.2 Å². The van der Waals surface area contributed by atoms with Crippen LogP contribution in [0, 0.1) is 26.7 Å². The summed E-state index contributed by atoms with van der Waals surface area (Å²) in [6.07, 6.45) is 3.04. The molecule has 0 aromatic heterocycles. The number of piperidine rings is 1. The molecule has 7 heteroatoms. The van der Waals surface area contributed by atoms with Crippen LogP contribution in [-0.4, -0.2) is 38.0 Å². The van der Waals surface area contributed by atoms with Crippen molar-refractivity contribution in [1.82, 2.24) is 4.31 Å². The average Bonchev–Trinajstić information content (AvgIpc) is 2.67. The molecule has 1 aliphatic heterocycles. The number of sulfonamides is 1. The predicted molar refractivity (Wildman–Crippen MR) is 119 cm³/mol. The molecule has 0 atom stereocenters. The van der Waals surface area contributed by atoms with Crippen LogP contribution < -0.4 is 5.32 Å². The molecule has 1 fully saturated rings. The van der Waals surface area contributed by atoms with E-state index in [0.29, 0.717) is 30.8 Å². The Kier molecular flexibility index (Phi) is 6.71. The van der Waals surface area contributed by atoms with Gasteiger partial charge >= 0.3 is 0 Å². The van der Waals surface area contributed by atoms with Gasteiger partial charge in [-0.05, 0) is 69.2 Å². The number of carbonyl (C=O) groups is 1. The van der Waals surface area contributed by atoms with Crippen LogP contribution in [0.2, 0.25) is 0 Å². The van der Waals surface area contributed by atoms with Crippen LogP contribution in [0.4, 0.5) is 5.69 Å². The molecule has 1 heterocycles. The van der Waals surface area contributed by atoms with E-state index in [4.69, 9.17) is 0 Å². The smallest absolute Gasteiger partial charge is 0.243 e. The molecule has 5 nitrogen and oxygen atoms in total. The number of benzene rings is 2. The number of carbonyl (C=O) groups excluding carboxylic acids is 1. The van der Waals surface area contributed by atoms with Crippen LogP contribution >= 0.6 is 11.8 Å². The van der Waals surface area contributed by atoms with Crippen LogP contribution in [-0.2, 0) is 14.8 Å². The fraction of sp³-hybridized carbons (Fsp3) is 0.409. The number of hydrogen-bond acceptors (Lipinski definition) is 4. The quantitative estimate of drug-likeness (QED) is 0.713. The maximum atomic E-state index is 13.2. The second-order valence-corrected chi connectivity index (χ2v) is 10.4. The zero-order valence-corrected chi connectivity index (χ0v) is 19.0. The summed E-state index contributed by atoms with van der Waals surface area (Å²) in [5.74, 6) is -0.220. The number of amides is 1. The molecule has 0 radical (unpaired) electrons. The minimum Gasteiger partial charge on any atom is -0.326 e. The third-order valence-corrected chi connectivity index (χ3v) is 8.29. The Labute approximate surface area is 177 Å². The number of nitrogens with zero attached hydrogens (tertiary/aromatic N) is 1. The number of hydrogen-bond donors (Lipinski definition) is 1. The lowest BCUT2D eigenvalue weighted by Gasteiger charge is -2.31. The largest absolute Gasteiger partial charge is 0.326 e. The summed E-state index contributed by atoms with van der Waals surface area (Å²) < 4.78 is 27.9. The Morgan fingerprint density at radius 2 is 1.69 bits per heavy atom. The molecular weight excluding hydrogens is 404 g/mol. The number of rotatable bonds is 5. The summed E-state index contributed by atoms with van der Waals surface area (Å²) in [6, 6.07) is 11.6. The Bertz CT molecular complexity index is 987. The first-order valence-electron chi connectivity index (χ1n) is 9.75. The van der Waals surface area contributed by atoms with Crippen molar-refractivity contribution in [1.29, 1.82) is 0 Å². The molecule has 156 valence electrons. The zero-order chi connectivity index (χ0) is 21.2. The van der Waals surface area contributed by atoms with Gasteiger partial charge in [-0.1, -0.05) is 23.8 Å². The van der Waals surface area contributed by atoms with Crippen molar-refractivity contribution in [3.8, 4) is 0 Å². The lowest BCUT2D eigenvalue weighted by atomic mass is 9.97. The fourth-order valence-corrected chi connectivity index (χ4v) is 6.35. The molecule has 3 rings (SSSR count). The zero-order valence-electron chi connectivity index (χ0n) is 17.4. The van der Waals surface area contributed by atoms with E-state index >= 15 is 0 Å². The summed E-state index contributed by atoms with van der Waals surface area (Å²) in [7, 11) is -3.56. The Morgan fingerprint density at radius 3 is 2.28 bits per heavy atom. The highest BCUT2D eigenvalue weighted by atomic mass is 32.2. The molecule has 1 aliphatic rings. The average molecular weight is 433 g/mol. The van der Waals surface area contributed by atoms with Crippen molar-refractivity contribution in [3.63, 3.8) is 0 Å². The second kappa shape index (κ2) is 8.90. The van der Waals surface area contributed by atoms with Gasteiger partial charge in [0.1, 0.15) is 0 Å². The molecule has 2 aromatic rings. The summed E-state index contributed by atoms with van der Waals surface area (Å²) in [4.78, 5) is 14.1. The van der Waals surface area contributed by atoms with E-state index in [0.717, 1.165) is 27.3 Å². The first-order valence-corrected chi connectivity index (χ1v) is 12.4. The van der Waals surface area contributed by atoms with E-state index in [2.05, 4.69) is 5.32 Å². The molecule has 1 saturated heterocycles. The highest BCUT2D eigenvalue weighted by Gasteiger charge is 2.33. The summed E-state index contributed by atoms with van der Waals surface area (Å²) >= 11 is 1.62. The highest BCUT2D eigenvalue weighted by molar-refractivity contribution is 7.98. The number of thioether (sulfide) groups is 1. The van der Waals surface area contributed by atoms with E-state index < -0.39 is 10.0 Å². The third kappa shape index (κ3) is 4.85. The van der Waals surface area contributed by atoms with Gasteiger partial charge in [-0.15, -0.1) is 11.8 Å². The topological polar surface area (TPSA) is 66.5 Å². The van der Waals surface area contributed by atoms with Crippen LogP contribution in [0.1, 0.15) is 29.5 Å². The van der Waals surface area contributed by atoms with Gasteiger partial charge in [0.05, 0.1) is 4.90 Å². The van der Waals surface area contributed by atoms with Crippen LogP contribution in [0.25, 0.3) is 0 Å². The molecule has 0 aliphatic carbocycles. The second-order valence-electron chi connectivity index (χ2n) is 7.63. The Hall–Kier alpha value is -1.83. The SMILES string of the molecule is CSc1cccc(NC(=O)C2CCN(S(=O)(=O)c3c(C)cc(C)cc3C)CC2)c1. The normalized spacial score (nSPS) is 16.0. The lowest BCUT2D eigenvalue weighted by molar-refractivity contribution is -0.120. The van der Waals surface area contributed by atoms with Crippen LogP contribution in [0.3, 0.4) is 0 Å². The van der Waals surface area contributed by atoms with Gasteiger partial charge in [0.2, 0.25) is 15.9 Å². The highest BCUT2D eigenvalue weighted by Crippen LogP contribution is 2.29. The van der Waals surface area contributed by atoms with Crippen molar-refractivity contribution in [2.24, 2.45) is 5.92 Å². The minimum absolute atomic E-state index is 0.0389. The Morgan fingerprint density at radius 1 is 1.07 bits per heavy atom. The number of aryl methyl sites for hydroxylation is 3. The maximum absolute atomic E-state index is 13.2. The molecule has 29 heavy (non-hydrogen) atoms. The van der Waals surface area contributed by atoms with Crippen molar-refractivity contribution in [2.45, 2.75) is 43.4 Å². The van der Waals surface area contributed by atoms with Crippen molar-refractivity contribution in [3.05, 3.63) is 53.1 Å². The van der Waals surface area contributed by atoms with Gasteiger partial charge in [0.25, 0.3) is 0 Å². The molecule has 0 saturated carbocycles. The first-order chi connectivity index (χ1) is 13.7. The molecule has 2 aromatic carbocycles. The van der Waals surface area contributed by atoms with Crippen molar-refractivity contribution in [2.75, 3.05) is 24.7 Å².